The van der Waals surface area contributed by atoms with Crippen molar-refractivity contribution in [1.29, 1.82) is 0 Å². The lowest BCUT2D eigenvalue weighted by molar-refractivity contribution is 0.329. The van der Waals surface area contributed by atoms with Crippen LogP contribution in [0.5, 0.6) is 17.2 Å². The number of hydrogen-bond donors (Lipinski definition) is 0. The van der Waals surface area contributed by atoms with Gasteiger partial charge in [0.05, 0.1) is 11.5 Å². The normalized spacial score (nSPS) is 11.7. The quantitative estimate of drug-likeness (QED) is 0.435. The third-order valence-corrected chi connectivity index (χ3v) is 6.57. The Hall–Kier alpha value is -2.94. The van der Waals surface area contributed by atoms with E-state index in [1.165, 1.54) is 4.31 Å². The molecule has 2 aromatic carbocycles. The lowest BCUT2D eigenvalue weighted by Crippen LogP contribution is -2.36. The summed E-state index contributed by atoms with van der Waals surface area (Å²) in [5.74, 6) is 1.97. The van der Waals surface area contributed by atoms with Crippen LogP contribution in [0.25, 0.3) is 0 Å². The highest BCUT2D eigenvalue weighted by Crippen LogP contribution is 2.26. The average molecular weight is 456 g/mol. The molecule has 0 bridgehead atoms. The van der Waals surface area contributed by atoms with Gasteiger partial charge in [-0.15, -0.1) is 0 Å². The van der Waals surface area contributed by atoms with Crippen molar-refractivity contribution >= 4 is 10.0 Å². The molecule has 1 aromatic heterocycles. The Morgan fingerprint density at radius 1 is 0.875 bits per heavy atom. The molecule has 8 heteroatoms. The van der Waals surface area contributed by atoms with Gasteiger partial charge >= 0.3 is 0 Å². The van der Waals surface area contributed by atoms with Gasteiger partial charge in [-0.1, -0.05) is 6.07 Å². The Bertz CT molecular complexity index is 1070. The lowest BCUT2D eigenvalue weighted by Gasteiger charge is -2.24. The Kier molecular flexibility index (Phi) is 8.21. The molecule has 0 radical (unpaired) electrons. The van der Waals surface area contributed by atoms with Crippen molar-refractivity contribution in [3.05, 3.63) is 78.6 Å². The lowest BCUT2D eigenvalue weighted by atomic mass is 10.3. The standard InChI is InChI=1S/C24H29N3O4S/c1-4-30-21-7-9-22(10-8-21)31-23-11-13-24(14-12-23)32(28,29)27(17-16-26(2)3)19-20-6-5-15-25-18-20/h5-15,18H,4,16-17,19H2,1-3H3. The van der Waals surface area contributed by atoms with Gasteiger partial charge in [0, 0.05) is 32.0 Å². The Labute approximate surface area is 190 Å². The maximum Gasteiger partial charge on any atom is 0.243 e. The number of hydrogen-bond acceptors (Lipinski definition) is 6. The summed E-state index contributed by atoms with van der Waals surface area (Å²) in [6.45, 7) is 3.77. The van der Waals surface area contributed by atoms with E-state index < -0.39 is 10.0 Å². The number of ether oxygens (including phenoxy) is 2. The van der Waals surface area contributed by atoms with Gasteiger partial charge in [0.1, 0.15) is 17.2 Å². The minimum Gasteiger partial charge on any atom is -0.494 e. The summed E-state index contributed by atoms with van der Waals surface area (Å²) >= 11 is 0. The van der Waals surface area contributed by atoms with E-state index in [2.05, 4.69) is 4.98 Å². The highest BCUT2D eigenvalue weighted by atomic mass is 32.2. The summed E-state index contributed by atoms with van der Waals surface area (Å²) in [7, 11) is 0.147. The number of benzene rings is 2. The number of likely N-dealkylation sites (N-methyl/N-ethyl adjacent to an activating group) is 1. The predicted octanol–water partition coefficient (Wildman–Crippen LogP) is 4.03. The van der Waals surface area contributed by atoms with Crippen LogP contribution in [0.3, 0.4) is 0 Å². The first-order valence-electron chi connectivity index (χ1n) is 10.4. The molecule has 3 rings (SSSR count). The molecule has 0 fully saturated rings. The molecule has 7 nitrogen and oxygen atoms in total. The van der Waals surface area contributed by atoms with Gasteiger partial charge in [-0.2, -0.15) is 4.31 Å². The number of aromatic nitrogens is 1. The third kappa shape index (κ3) is 6.53. The zero-order valence-electron chi connectivity index (χ0n) is 18.6. The van der Waals surface area contributed by atoms with Crippen LogP contribution in [-0.2, 0) is 16.6 Å². The minimum absolute atomic E-state index is 0.221. The topological polar surface area (TPSA) is 72.0 Å². The van der Waals surface area contributed by atoms with Gasteiger partial charge in [0.15, 0.2) is 0 Å². The maximum atomic E-state index is 13.4. The Morgan fingerprint density at radius 2 is 1.50 bits per heavy atom. The molecule has 0 unspecified atom stereocenters. The largest absolute Gasteiger partial charge is 0.494 e. The van der Waals surface area contributed by atoms with Crippen molar-refractivity contribution in [2.24, 2.45) is 0 Å². The highest BCUT2D eigenvalue weighted by molar-refractivity contribution is 7.89. The van der Waals surface area contributed by atoms with Crippen molar-refractivity contribution < 1.29 is 17.9 Å². The van der Waals surface area contributed by atoms with E-state index in [1.807, 2.05) is 56.3 Å². The zero-order chi connectivity index (χ0) is 23.0. The van der Waals surface area contributed by atoms with Crippen LogP contribution in [-0.4, -0.2) is 56.4 Å². The van der Waals surface area contributed by atoms with Gasteiger partial charge in [-0.25, -0.2) is 8.42 Å². The van der Waals surface area contributed by atoms with Crippen molar-refractivity contribution in [1.82, 2.24) is 14.2 Å². The molecule has 32 heavy (non-hydrogen) atoms. The van der Waals surface area contributed by atoms with Crippen LogP contribution in [0, 0.1) is 0 Å². The molecule has 170 valence electrons. The van der Waals surface area contributed by atoms with Crippen LogP contribution in [0.1, 0.15) is 12.5 Å². The van der Waals surface area contributed by atoms with Gasteiger partial charge in [-0.05, 0) is 81.2 Å². The third-order valence-electron chi connectivity index (χ3n) is 4.71. The summed E-state index contributed by atoms with van der Waals surface area (Å²) in [5.41, 5.74) is 0.838. The molecule has 0 aliphatic rings. The fourth-order valence-corrected chi connectivity index (χ4v) is 4.45. The van der Waals surface area contributed by atoms with Gasteiger partial charge in [0.25, 0.3) is 0 Å². The molecule has 0 saturated carbocycles. The zero-order valence-corrected chi connectivity index (χ0v) is 19.5. The molecule has 0 spiro atoms. The molecule has 0 aliphatic carbocycles. The number of rotatable bonds is 11. The maximum absolute atomic E-state index is 13.4. The van der Waals surface area contributed by atoms with Gasteiger partial charge in [-0.3, -0.25) is 4.98 Å². The van der Waals surface area contributed by atoms with E-state index >= 15 is 0 Å². The molecule has 3 aromatic rings. The average Bonchev–Trinajstić information content (AvgIpc) is 2.79. The number of nitrogens with zero attached hydrogens (tertiary/aromatic N) is 3. The molecule has 0 saturated heterocycles. The molecule has 1 heterocycles. The van der Waals surface area contributed by atoms with Gasteiger partial charge in [0.2, 0.25) is 10.0 Å². The van der Waals surface area contributed by atoms with Crippen LogP contribution >= 0.6 is 0 Å². The summed E-state index contributed by atoms with van der Waals surface area (Å²) in [4.78, 5) is 6.28. The molecule has 0 amide bonds. The highest BCUT2D eigenvalue weighted by Gasteiger charge is 2.25. The van der Waals surface area contributed by atoms with Gasteiger partial charge < -0.3 is 14.4 Å². The summed E-state index contributed by atoms with van der Waals surface area (Å²) in [5, 5.41) is 0. The number of sulfonamides is 1. The second-order valence-electron chi connectivity index (χ2n) is 7.48. The summed E-state index contributed by atoms with van der Waals surface area (Å²) in [6.07, 6.45) is 3.36. The first kappa shape index (κ1) is 23.7. The smallest absolute Gasteiger partial charge is 0.243 e. The van der Waals surface area contributed by atoms with E-state index in [-0.39, 0.29) is 11.4 Å². The molecule has 0 atom stereocenters. The first-order chi connectivity index (χ1) is 15.4. The van der Waals surface area contributed by atoms with E-state index in [4.69, 9.17) is 9.47 Å². The van der Waals surface area contributed by atoms with Crippen LogP contribution < -0.4 is 9.47 Å². The second-order valence-corrected chi connectivity index (χ2v) is 9.42. The fraction of sp³-hybridized carbons (Fsp3) is 0.292. The van der Waals surface area contributed by atoms with E-state index in [0.29, 0.717) is 31.2 Å². The van der Waals surface area contributed by atoms with Crippen molar-refractivity contribution in [2.45, 2.75) is 18.4 Å². The first-order valence-corrected chi connectivity index (χ1v) is 11.9. The van der Waals surface area contributed by atoms with Crippen LogP contribution in [0.2, 0.25) is 0 Å². The molecular formula is C24H29N3O4S. The van der Waals surface area contributed by atoms with Crippen molar-refractivity contribution in [2.75, 3.05) is 33.8 Å². The second kappa shape index (κ2) is 11.1. The Morgan fingerprint density at radius 3 is 2.06 bits per heavy atom. The van der Waals surface area contributed by atoms with Crippen LogP contribution in [0.15, 0.2) is 78.0 Å². The van der Waals surface area contributed by atoms with Crippen molar-refractivity contribution in [3.8, 4) is 17.2 Å². The fourth-order valence-electron chi connectivity index (χ4n) is 3.03. The monoisotopic (exact) mass is 455 g/mol. The van der Waals surface area contributed by atoms with Crippen LogP contribution in [0.4, 0.5) is 0 Å². The predicted molar refractivity (Wildman–Crippen MR) is 125 cm³/mol. The van der Waals surface area contributed by atoms with E-state index in [9.17, 15) is 8.42 Å². The molecule has 0 aliphatic heterocycles. The van der Waals surface area contributed by atoms with E-state index in [1.54, 1.807) is 42.7 Å². The van der Waals surface area contributed by atoms with E-state index in [0.717, 1.165) is 11.3 Å². The summed E-state index contributed by atoms with van der Waals surface area (Å²) in [6, 6.07) is 17.4. The molecular weight excluding hydrogens is 426 g/mol. The summed E-state index contributed by atoms with van der Waals surface area (Å²) < 4.78 is 39.4. The number of pyridine rings is 1. The minimum atomic E-state index is -3.69. The van der Waals surface area contributed by atoms with Crippen molar-refractivity contribution in [3.63, 3.8) is 0 Å². The Balaban J connectivity index is 1.75. The molecule has 0 N–H and O–H groups in total. The SMILES string of the molecule is CCOc1ccc(Oc2ccc(S(=O)(=O)N(CCN(C)C)Cc3cccnc3)cc2)cc1.